The van der Waals surface area contributed by atoms with E-state index in [2.05, 4.69) is 21.0 Å². The smallest absolute Gasteiger partial charge is 0.315 e. The molecule has 104 valence electrons. The summed E-state index contributed by atoms with van der Waals surface area (Å²) in [4.78, 5) is 11.6. The van der Waals surface area contributed by atoms with Crippen molar-refractivity contribution in [3.63, 3.8) is 0 Å². The molecule has 1 aliphatic rings. The topological polar surface area (TPSA) is 55.1 Å². The van der Waals surface area contributed by atoms with Crippen LogP contribution in [0.5, 0.6) is 0 Å². The molecule has 20 heavy (non-hydrogen) atoms. The summed E-state index contributed by atoms with van der Waals surface area (Å²) in [6.07, 6.45) is 4.09. The van der Waals surface area contributed by atoms with Crippen molar-refractivity contribution in [3.8, 4) is 5.69 Å². The molecule has 2 aromatic rings. The second kappa shape index (κ2) is 4.74. The molecule has 1 aliphatic carbocycles. The van der Waals surface area contributed by atoms with Crippen molar-refractivity contribution < 1.29 is 9.90 Å². The molecule has 4 nitrogen and oxygen atoms in total. The molecule has 1 aromatic carbocycles. The summed E-state index contributed by atoms with van der Waals surface area (Å²) in [5.74, 6) is -0.779. The summed E-state index contributed by atoms with van der Waals surface area (Å²) in [7, 11) is 0. The predicted octanol–water partition coefficient (Wildman–Crippen LogP) is 3.45. The Kier molecular flexibility index (Phi) is 3.17. The molecule has 0 saturated heterocycles. The van der Waals surface area contributed by atoms with Crippen LogP contribution in [-0.4, -0.2) is 20.9 Å². The SMILES string of the molecule is Cc1ccc(-n2cc(Br)c(C3(C(=O)O)CCC3)n2)cc1. The first-order valence-electron chi connectivity index (χ1n) is 6.59. The zero-order chi connectivity index (χ0) is 14.3. The third-order valence-corrected chi connectivity index (χ3v) is 4.62. The van der Waals surface area contributed by atoms with Crippen LogP contribution in [-0.2, 0) is 10.2 Å². The Bertz CT molecular complexity index is 657. The average Bonchev–Trinajstić information content (AvgIpc) is 2.71. The van der Waals surface area contributed by atoms with Crippen LogP contribution in [0.1, 0.15) is 30.5 Å². The van der Waals surface area contributed by atoms with Crippen LogP contribution in [0.15, 0.2) is 34.9 Å². The van der Waals surface area contributed by atoms with Crippen LogP contribution in [0, 0.1) is 6.92 Å². The van der Waals surface area contributed by atoms with Gasteiger partial charge >= 0.3 is 5.97 Å². The summed E-state index contributed by atoms with van der Waals surface area (Å²) in [5, 5.41) is 14.0. The number of carboxylic acids is 1. The summed E-state index contributed by atoms with van der Waals surface area (Å²) in [5.41, 5.74) is 1.94. The van der Waals surface area contributed by atoms with Crippen molar-refractivity contribution in [1.82, 2.24) is 9.78 Å². The maximum Gasteiger partial charge on any atom is 0.315 e. The first-order chi connectivity index (χ1) is 9.53. The summed E-state index contributed by atoms with van der Waals surface area (Å²) in [6, 6.07) is 7.99. The van der Waals surface area contributed by atoms with E-state index >= 15 is 0 Å². The zero-order valence-corrected chi connectivity index (χ0v) is 12.7. The lowest BCUT2D eigenvalue weighted by atomic mass is 9.67. The van der Waals surface area contributed by atoms with Gasteiger partial charge in [-0.3, -0.25) is 4.79 Å². The summed E-state index contributed by atoms with van der Waals surface area (Å²) < 4.78 is 2.50. The van der Waals surface area contributed by atoms with E-state index in [9.17, 15) is 9.90 Å². The maximum absolute atomic E-state index is 11.6. The molecule has 1 fully saturated rings. The zero-order valence-electron chi connectivity index (χ0n) is 11.1. The van der Waals surface area contributed by atoms with Crippen molar-refractivity contribution in [2.24, 2.45) is 0 Å². The Hall–Kier alpha value is -1.62. The fourth-order valence-corrected chi connectivity index (χ4v) is 3.24. The molecule has 0 atom stereocenters. The lowest BCUT2D eigenvalue weighted by molar-refractivity contribution is -0.147. The fraction of sp³-hybridized carbons (Fsp3) is 0.333. The van der Waals surface area contributed by atoms with Gasteiger partial charge < -0.3 is 5.11 Å². The summed E-state index contributed by atoms with van der Waals surface area (Å²) in [6.45, 7) is 2.03. The van der Waals surface area contributed by atoms with Crippen molar-refractivity contribution in [1.29, 1.82) is 0 Å². The highest BCUT2D eigenvalue weighted by Crippen LogP contribution is 2.45. The molecule has 0 unspecified atom stereocenters. The fourth-order valence-electron chi connectivity index (χ4n) is 2.59. The highest BCUT2D eigenvalue weighted by molar-refractivity contribution is 9.10. The standard InChI is InChI=1S/C15H15BrN2O2/c1-10-3-5-11(6-4-10)18-9-12(16)13(17-18)15(14(19)20)7-2-8-15/h3-6,9H,2,7-8H2,1H3,(H,19,20). The first kappa shape index (κ1) is 13.4. The molecule has 5 heteroatoms. The Morgan fingerprint density at radius 2 is 2.00 bits per heavy atom. The Morgan fingerprint density at radius 3 is 2.50 bits per heavy atom. The highest BCUT2D eigenvalue weighted by atomic mass is 79.9. The maximum atomic E-state index is 11.6. The van der Waals surface area contributed by atoms with E-state index in [0.29, 0.717) is 18.5 Å². The minimum absolute atomic E-state index is 0.636. The number of carbonyl (C=O) groups is 1. The van der Waals surface area contributed by atoms with Gasteiger partial charge in [-0.05, 0) is 47.8 Å². The van der Waals surface area contributed by atoms with Gasteiger partial charge in [-0.1, -0.05) is 24.1 Å². The lowest BCUT2D eigenvalue weighted by Crippen LogP contribution is -2.43. The van der Waals surface area contributed by atoms with Crippen molar-refractivity contribution in [2.45, 2.75) is 31.6 Å². The van der Waals surface area contributed by atoms with E-state index in [0.717, 1.165) is 16.6 Å². The minimum Gasteiger partial charge on any atom is -0.481 e. The number of benzene rings is 1. The number of rotatable bonds is 3. The van der Waals surface area contributed by atoms with Gasteiger partial charge in [0.2, 0.25) is 0 Å². The van der Waals surface area contributed by atoms with Gasteiger partial charge in [0, 0.05) is 6.20 Å². The third-order valence-electron chi connectivity index (χ3n) is 4.04. The van der Waals surface area contributed by atoms with Crippen molar-refractivity contribution in [2.75, 3.05) is 0 Å². The molecule has 0 amide bonds. The second-order valence-electron chi connectivity index (χ2n) is 5.35. The first-order valence-corrected chi connectivity index (χ1v) is 7.38. The molecule has 1 N–H and O–H groups in total. The predicted molar refractivity (Wildman–Crippen MR) is 79.2 cm³/mol. The van der Waals surface area contributed by atoms with Gasteiger partial charge in [-0.15, -0.1) is 0 Å². The largest absolute Gasteiger partial charge is 0.481 e. The molecular weight excluding hydrogens is 320 g/mol. The Morgan fingerprint density at radius 1 is 1.35 bits per heavy atom. The van der Waals surface area contributed by atoms with E-state index in [1.54, 1.807) is 4.68 Å². The summed E-state index contributed by atoms with van der Waals surface area (Å²) >= 11 is 3.46. The van der Waals surface area contributed by atoms with Crippen LogP contribution in [0.3, 0.4) is 0 Å². The van der Waals surface area contributed by atoms with E-state index < -0.39 is 11.4 Å². The number of aryl methyl sites for hydroxylation is 1. The van der Waals surface area contributed by atoms with Crippen LogP contribution in [0.4, 0.5) is 0 Å². The van der Waals surface area contributed by atoms with Crippen LogP contribution < -0.4 is 0 Å². The Balaban J connectivity index is 2.03. The van der Waals surface area contributed by atoms with Gasteiger partial charge in [0.1, 0.15) is 5.41 Å². The number of carboxylic acid groups (broad SMARTS) is 1. The van der Waals surface area contributed by atoms with Gasteiger partial charge in [0.05, 0.1) is 15.9 Å². The van der Waals surface area contributed by atoms with E-state index in [-0.39, 0.29) is 0 Å². The molecule has 0 radical (unpaired) electrons. The minimum atomic E-state index is -0.811. The molecular formula is C15H15BrN2O2. The van der Waals surface area contributed by atoms with Crippen molar-refractivity contribution in [3.05, 3.63) is 46.2 Å². The quantitative estimate of drug-likeness (QED) is 0.935. The number of hydrogen-bond donors (Lipinski definition) is 1. The molecule has 0 spiro atoms. The molecule has 0 bridgehead atoms. The van der Waals surface area contributed by atoms with Gasteiger partial charge in [0.15, 0.2) is 0 Å². The van der Waals surface area contributed by atoms with Gasteiger partial charge in [-0.25, -0.2) is 4.68 Å². The average molecular weight is 335 g/mol. The van der Waals surface area contributed by atoms with E-state index in [1.807, 2.05) is 37.4 Å². The van der Waals surface area contributed by atoms with Crippen LogP contribution in [0.25, 0.3) is 5.69 Å². The Labute approximate surface area is 125 Å². The van der Waals surface area contributed by atoms with Crippen molar-refractivity contribution >= 4 is 21.9 Å². The lowest BCUT2D eigenvalue weighted by Gasteiger charge is -2.36. The molecule has 1 saturated carbocycles. The number of aliphatic carboxylic acids is 1. The highest BCUT2D eigenvalue weighted by Gasteiger charge is 2.49. The van der Waals surface area contributed by atoms with Gasteiger partial charge in [0.25, 0.3) is 0 Å². The number of hydrogen-bond acceptors (Lipinski definition) is 2. The normalized spacial score (nSPS) is 16.7. The van der Waals surface area contributed by atoms with Crippen LogP contribution in [0.2, 0.25) is 0 Å². The molecule has 0 aliphatic heterocycles. The molecule has 1 heterocycles. The third kappa shape index (κ3) is 1.97. The van der Waals surface area contributed by atoms with Crippen LogP contribution >= 0.6 is 15.9 Å². The second-order valence-corrected chi connectivity index (χ2v) is 6.20. The van der Waals surface area contributed by atoms with Gasteiger partial charge in [-0.2, -0.15) is 5.10 Å². The molecule has 1 aromatic heterocycles. The number of nitrogens with zero attached hydrogens (tertiary/aromatic N) is 2. The van der Waals surface area contributed by atoms with E-state index in [1.165, 1.54) is 5.56 Å². The number of aromatic nitrogens is 2. The molecule has 3 rings (SSSR count). The van der Waals surface area contributed by atoms with E-state index in [4.69, 9.17) is 0 Å². The number of halogens is 1. The monoisotopic (exact) mass is 334 g/mol.